The number of hydrogen-bond acceptors (Lipinski definition) is 7. The molecule has 7 heteroatoms. The highest BCUT2D eigenvalue weighted by molar-refractivity contribution is 7.22. The summed E-state index contributed by atoms with van der Waals surface area (Å²) in [4.78, 5) is 13.1. The number of nitrogens with two attached hydrogens (primary N) is 1. The van der Waals surface area contributed by atoms with Crippen LogP contribution in [0.5, 0.6) is 0 Å². The van der Waals surface area contributed by atoms with Gasteiger partial charge >= 0.3 is 0 Å². The van der Waals surface area contributed by atoms with Crippen LogP contribution in [0.15, 0.2) is 54.9 Å². The first kappa shape index (κ1) is 17.2. The first-order valence-electron chi connectivity index (χ1n) is 8.71. The van der Waals surface area contributed by atoms with Gasteiger partial charge in [-0.1, -0.05) is 47.7 Å². The zero-order valence-corrected chi connectivity index (χ0v) is 15.8. The molecule has 0 bridgehead atoms. The average molecular weight is 376 g/mol. The Balaban J connectivity index is 1.47. The molecule has 27 heavy (non-hydrogen) atoms. The molecule has 0 atom stereocenters. The lowest BCUT2D eigenvalue weighted by atomic mass is 10.1. The molecule has 2 heterocycles. The number of nitrogens with one attached hydrogen (secondary N) is 2. The van der Waals surface area contributed by atoms with Crippen molar-refractivity contribution < 1.29 is 0 Å². The lowest BCUT2D eigenvalue weighted by Crippen LogP contribution is -2.10. The maximum atomic E-state index is 6.26. The van der Waals surface area contributed by atoms with Gasteiger partial charge in [0.05, 0.1) is 10.2 Å². The van der Waals surface area contributed by atoms with Crippen LogP contribution < -0.4 is 16.4 Å². The molecule has 4 rings (SSSR count). The van der Waals surface area contributed by atoms with Crippen molar-refractivity contribution in [2.24, 2.45) is 0 Å². The van der Waals surface area contributed by atoms with Gasteiger partial charge in [0.15, 0.2) is 16.8 Å². The summed E-state index contributed by atoms with van der Waals surface area (Å²) in [7, 11) is 0. The van der Waals surface area contributed by atoms with Gasteiger partial charge in [-0.25, -0.2) is 15.0 Å². The Bertz CT molecular complexity index is 1060. The predicted octanol–water partition coefficient (Wildman–Crippen LogP) is 4.38. The van der Waals surface area contributed by atoms with Crippen LogP contribution in [0.1, 0.15) is 11.1 Å². The summed E-state index contributed by atoms with van der Waals surface area (Å²) < 4.78 is 1.13. The van der Waals surface area contributed by atoms with E-state index in [0.29, 0.717) is 17.3 Å². The van der Waals surface area contributed by atoms with Crippen LogP contribution >= 0.6 is 11.3 Å². The molecule has 0 radical (unpaired) electrons. The van der Waals surface area contributed by atoms with E-state index >= 15 is 0 Å². The lowest BCUT2D eigenvalue weighted by molar-refractivity contribution is 1.00. The molecule has 0 fully saturated rings. The van der Waals surface area contributed by atoms with Crippen LogP contribution in [0.3, 0.4) is 0 Å². The van der Waals surface area contributed by atoms with Gasteiger partial charge in [-0.2, -0.15) is 0 Å². The third-order valence-electron chi connectivity index (χ3n) is 4.20. The molecule has 136 valence electrons. The van der Waals surface area contributed by atoms with Crippen molar-refractivity contribution in [3.8, 4) is 0 Å². The molecule has 0 aliphatic carbocycles. The van der Waals surface area contributed by atoms with Crippen molar-refractivity contribution in [2.75, 3.05) is 22.9 Å². The fraction of sp³-hybridized carbons (Fsp3) is 0.150. The van der Waals surface area contributed by atoms with Crippen LogP contribution in [0, 0.1) is 6.92 Å². The molecule has 0 spiro atoms. The first-order chi connectivity index (χ1) is 13.2. The molecule has 6 nitrogen and oxygen atoms in total. The molecular formula is C20H20N6S. The van der Waals surface area contributed by atoms with E-state index in [0.717, 1.165) is 28.3 Å². The monoisotopic (exact) mass is 376 g/mol. The number of thiazole rings is 1. The molecule has 2 aromatic heterocycles. The Morgan fingerprint density at radius 3 is 2.70 bits per heavy atom. The maximum Gasteiger partial charge on any atom is 0.189 e. The second kappa shape index (κ2) is 7.59. The zero-order valence-electron chi connectivity index (χ0n) is 14.9. The highest BCUT2D eigenvalue weighted by Gasteiger charge is 2.11. The highest BCUT2D eigenvalue weighted by atomic mass is 32.1. The highest BCUT2D eigenvalue weighted by Crippen LogP contribution is 2.31. The third-order valence-corrected chi connectivity index (χ3v) is 5.14. The van der Waals surface area contributed by atoms with Gasteiger partial charge in [0.1, 0.15) is 12.0 Å². The number of rotatable bonds is 6. The molecule has 2 aromatic carbocycles. The van der Waals surface area contributed by atoms with E-state index < -0.39 is 0 Å². The number of aryl methyl sites for hydroxylation is 1. The summed E-state index contributed by atoms with van der Waals surface area (Å²) in [6.07, 6.45) is 2.39. The molecule has 4 aromatic rings. The quantitative estimate of drug-likeness (QED) is 0.463. The minimum absolute atomic E-state index is 0.487. The number of hydrogen-bond donors (Lipinski definition) is 3. The van der Waals surface area contributed by atoms with Crippen LogP contribution in [-0.2, 0) is 6.42 Å². The van der Waals surface area contributed by atoms with E-state index in [2.05, 4.69) is 56.8 Å². The Hall–Kier alpha value is -3.19. The summed E-state index contributed by atoms with van der Waals surface area (Å²) >= 11 is 1.58. The summed E-state index contributed by atoms with van der Waals surface area (Å²) in [5.41, 5.74) is 10.2. The SMILES string of the molecule is Cc1ccc2nc(Nc3ncnc(NCCc4ccccc4)c3N)sc2c1. The van der Waals surface area contributed by atoms with Gasteiger partial charge in [-0.15, -0.1) is 0 Å². The molecule has 0 aliphatic rings. The van der Waals surface area contributed by atoms with Crippen LogP contribution in [0.2, 0.25) is 0 Å². The van der Waals surface area contributed by atoms with E-state index in [4.69, 9.17) is 5.73 Å². The summed E-state index contributed by atoms with van der Waals surface area (Å²) in [5, 5.41) is 7.27. The zero-order chi connectivity index (χ0) is 18.6. The number of nitrogens with zero attached hydrogens (tertiary/aromatic N) is 3. The van der Waals surface area contributed by atoms with Crippen molar-refractivity contribution >= 4 is 44.0 Å². The van der Waals surface area contributed by atoms with Crippen LogP contribution in [-0.4, -0.2) is 21.5 Å². The number of aromatic nitrogens is 3. The molecule has 0 saturated heterocycles. The maximum absolute atomic E-state index is 6.26. The van der Waals surface area contributed by atoms with Gasteiger partial charge in [0.2, 0.25) is 0 Å². The molecule has 4 N–H and O–H groups in total. The average Bonchev–Trinajstić information content (AvgIpc) is 3.07. The van der Waals surface area contributed by atoms with Crippen molar-refractivity contribution in [2.45, 2.75) is 13.3 Å². The molecular weight excluding hydrogens is 356 g/mol. The van der Waals surface area contributed by atoms with Gasteiger partial charge in [-0.05, 0) is 36.6 Å². The molecule has 0 aliphatic heterocycles. The van der Waals surface area contributed by atoms with Crippen molar-refractivity contribution in [3.05, 3.63) is 66.0 Å². The van der Waals surface area contributed by atoms with Crippen molar-refractivity contribution in [3.63, 3.8) is 0 Å². The van der Waals surface area contributed by atoms with Crippen molar-refractivity contribution in [1.82, 2.24) is 15.0 Å². The predicted molar refractivity (Wildman–Crippen MR) is 113 cm³/mol. The number of fused-ring (bicyclic) bond motifs is 1. The third kappa shape index (κ3) is 3.98. The van der Waals surface area contributed by atoms with E-state index in [1.807, 2.05) is 24.3 Å². The van der Waals surface area contributed by atoms with Crippen molar-refractivity contribution in [1.29, 1.82) is 0 Å². The lowest BCUT2D eigenvalue weighted by Gasteiger charge is -2.11. The largest absolute Gasteiger partial charge is 0.393 e. The second-order valence-electron chi connectivity index (χ2n) is 6.26. The fourth-order valence-corrected chi connectivity index (χ4v) is 3.76. The topological polar surface area (TPSA) is 88.8 Å². The number of anilines is 4. The van der Waals surface area contributed by atoms with Crippen LogP contribution in [0.25, 0.3) is 10.2 Å². The number of nitrogen functional groups attached to an aromatic ring is 1. The van der Waals surface area contributed by atoms with E-state index in [1.165, 1.54) is 17.5 Å². The standard InChI is InChI=1S/C20H20N6S/c1-13-7-8-15-16(11-13)27-20(25-15)26-19-17(21)18(23-12-24-19)22-10-9-14-5-3-2-4-6-14/h2-8,11-12H,9-10,21H2,1H3,(H2,22,23,24,25,26). The van der Waals surface area contributed by atoms with E-state index in [-0.39, 0.29) is 0 Å². The molecule has 0 amide bonds. The van der Waals surface area contributed by atoms with Gasteiger partial charge in [-0.3, -0.25) is 0 Å². The Morgan fingerprint density at radius 2 is 1.85 bits per heavy atom. The summed E-state index contributed by atoms with van der Waals surface area (Å²) in [6.45, 7) is 2.81. The van der Waals surface area contributed by atoms with Crippen LogP contribution in [0.4, 0.5) is 22.5 Å². The Kier molecular flexibility index (Phi) is 4.84. The van der Waals surface area contributed by atoms with Gasteiger partial charge < -0.3 is 16.4 Å². The Labute approximate surface area is 161 Å². The summed E-state index contributed by atoms with van der Waals surface area (Å²) in [6, 6.07) is 16.5. The second-order valence-corrected chi connectivity index (χ2v) is 7.29. The fourth-order valence-electron chi connectivity index (χ4n) is 2.79. The summed E-state index contributed by atoms with van der Waals surface area (Å²) in [5.74, 6) is 1.18. The normalized spacial score (nSPS) is 10.9. The molecule has 0 saturated carbocycles. The minimum Gasteiger partial charge on any atom is -0.393 e. The molecule has 0 unspecified atom stereocenters. The van der Waals surface area contributed by atoms with E-state index in [9.17, 15) is 0 Å². The number of benzene rings is 2. The smallest absolute Gasteiger partial charge is 0.189 e. The van der Waals surface area contributed by atoms with E-state index in [1.54, 1.807) is 11.3 Å². The first-order valence-corrected chi connectivity index (χ1v) is 9.53. The minimum atomic E-state index is 0.487. The van der Waals surface area contributed by atoms with Gasteiger partial charge in [0.25, 0.3) is 0 Å². The Morgan fingerprint density at radius 1 is 1.04 bits per heavy atom. The van der Waals surface area contributed by atoms with Gasteiger partial charge in [0, 0.05) is 6.54 Å².